The number of amides is 1. The third kappa shape index (κ3) is 3.69. The van der Waals surface area contributed by atoms with Gasteiger partial charge in [-0.1, -0.05) is 24.3 Å². The third-order valence-corrected chi connectivity index (χ3v) is 3.35. The van der Waals surface area contributed by atoms with E-state index in [9.17, 15) is 9.59 Å². The molecular formula is C17H16N2O3. The largest absolute Gasteiger partial charge is 0.452 e. The van der Waals surface area contributed by atoms with Gasteiger partial charge in [0.15, 0.2) is 6.61 Å². The second-order valence-electron chi connectivity index (χ2n) is 5.21. The lowest BCUT2D eigenvalue weighted by molar-refractivity contribution is -0.143. The maximum atomic E-state index is 11.6. The van der Waals surface area contributed by atoms with Gasteiger partial charge in [0.2, 0.25) is 0 Å². The van der Waals surface area contributed by atoms with E-state index in [1.165, 1.54) is 6.08 Å². The molecule has 1 amide bonds. The van der Waals surface area contributed by atoms with Gasteiger partial charge in [-0.3, -0.25) is 9.78 Å². The van der Waals surface area contributed by atoms with Crippen molar-refractivity contribution in [3.8, 4) is 0 Å². The molecule has 0 atom stereocenters. The molecule has 0 saturated heterocycles. The zero-order valence-corrected chi connectivity index (χ0v) is 12.0. The molecule has 1 N–H and O–H groups in total. The maximum absolute atomic E-state index is 11.6. The first-order valence-corrected chi connectivity index (χ1v) is 7.20. The van der Waals surface area contributed by atoms with Gasteiger partial charge in [0.05, 0.1) is 5.52 Å². The predicted molar refractivity (Wildman–Crippen MR) is 82.9 cm³/mol. The highest BCUT2D eigenvalue weighted by Gasteiger charge is 2.23. The van der Waals surface area contributed by atoms with Crippen LogP contribution in [0.1, 0.15) is 18.4 Å². The van der Waals surface area contributed by atoms with Crippen LogP contribution in [0.4, 0.5) is 0 Å². The number of pyridine rings is 1. The number of para-hydroxylation sites is 1. The van der Waals surface area contributed by atoms with Gasteiger partial charge in [-0.25, -0.2) is 4.79 Å². The maximum Gasteiger partial charge on any atom is 0.331 e. The highest BCUT2D eigenvalue weighted by Crippen LogP contribution is 2.18. The average molecular weight is 296 g/mol. The lowest BCUT2D eigenvalue weighted by Crippen LogP contribution is -2.30. The number of hydrogen-bond donors (Lipinski definition) is 1. The van der Waals surface area contributed by atoms with Crippen molar-refractivity contribution < 1.29 is 14.3 Å². The van der Waals surface area contributed by atoms with E-state index in [4.69, 9.17) is 4.74 Å². The number of nitrogens with one attached hydrogen (secondary N) is 1. The summed E-state index contributed by atoms with van der Waals surface area (Å²) in [5, 5.41) is 3.76. The normalized spacial score (nSPS) is 14.2. The molecule has 1 heterocycles. The smallest absolute Gasteiger partial charge is 0.331 e. The molecule has 0 unspecified atom stereocenters. The minimum absolute atomic E-state index is 0.243. The van der Waals surface area contributed by atoms with Crippen molar-refractivity contribution in [1.82, 2.24) is 10.3 Å². The monoisotopic (exact) mass is 296 g/mol. The summed E-state index contributed by atoms with van der Waals surface area (Å²) in [7, 11) is 0. The molecule has 0 radical (unpaired) electrons. The van der Waals surface area contributed by atoms with Gasteiger partial charge in [0, 0.05) is 29.3 Å². The molecule has 1 aliphatic carbocycles. The molecule has 5 heteroatoms. The SMILES string of the molecule is O=C(COC(=O)/C=C/c1cccc2cccnc12)NC1CC1. The van der Waals surface area contributed by atoms with Gasteiger partial charge >= 0.3 is 5.97 Å². The van der Waals surface area contributed by atoms with Crippen LogP contribution in [0.5, 0.6) is 0 Å². The number of carbonyl (C=O) groups is 2. The number of hydrogen-bond acceptors (Lipinski definition) is 4. The van der Waals surface area contributed by atoms with Gasteiger partial charge < -0.3 is 10.1 Å². The van der Waals surface area contributed by atoms with E-state index >= 15 is 0 Å². The van der Waals surface area contributed by atoms with Crippen molar-refractivity contribution in [2.45, 2.75) is 18.9 Å². The number of carbonyl (C=O) groups excluding carboxylic acids is 2. The van der Waals surface area contributed by atoms with Crippen LogP contribution in [-0.2, 0) is 14.3 Å². The molecule has 0 spiro atoms. The Balaban J connectivity index is 1.60. The van der Waals surface area contributed by atoms with E-state index in [2.05, 4.69) is 10.3 Å². The van der Waals surface area contributed by atoms with E-state index in [0.717, 1.165) is 29.3 Å². The first kappa shape index (κ1) is 14.3. The van der Waals surface area contributed by atoms with Crippen molar-refractivity contribution in [2.24, 2.45) is 0 Å². The Bertz CT molecular complexity index is 730. The number of nitrogens with zero attached hydrogens (tertiary/aromatic N) is 1. The standard InChI is InChI=1S/C17H16N2O3/c20-15(19-14-7-8-14)11-22-16(21)9-6-13-4-1-3-12-5-2-10-18-17(12)13/h1-6,9-10,14H,7-8,11H2,(H,19,20)/b9-6+. The lowest BCUT2D eigenvalue weighted by atomic mass is 10.1. The first-order valence-electron chi connectivity index (χ1n) is 7.20. The summed E-state index contributed by atoms with van der Waals surface area (Å²) in [5.41, 5.74) is 1.65. The van der Waals surface area contributed by atoms with E-state index in [-0.39, 0.29) is 18.6 Å². The second kappa shape index (κ2) is 6.39. The average Bonchev–Trinajstić information content (AvgIpc) is 3.34. The molecule has 22 heavy (non-hydrogen) atoms. The van der Waals surface area contributed by atoms with E-state index in [0.29, 0.717) is 0 Å². The van der Waals surface area contributed by atoms with E-state index < -0.39 is 5.97 Å². The summed E-state index contributed by atoms with van der Waals surface area (Å²) in [4.78, 5) is 27.4. The third-order valence-electron chi connectivity index (χ3n) is 3.35. The van der Waals surface area contributed by atoms with Crippen molar-refractivity contribution in [3.05, 3.63) is 48.2 Å². The first-order chi connectivity index (χ1) is 10.7. The van der Waals surface area contributed by atoms with Crippen LogP contribution < -0.4 is 5.32 Å². The predicted octanol–water partition coefficient (Wildman–Crippen LogP) is 2.07. The van der Waals surface area contributed by atoms with E-state index in [1.54, 1.807) is 12.3 Å². The van der Waals surface area contributed by atoms with Crippen LogP contribution in [0.25, 0.3) is 17.0 Å². The summed E-state index contributed by atoms with van der Waals surface area (Å²) in [6.07, 6.45) is 6.69. The van der Waals surface area contributed by atoms with Crippen molar-refractivity contribution in [3.63, 3.8) is 0 Å². The Hall–Kier alpha value is -2.69. The Morgan fingerprint density at radius 1 is 1.27 bits per heavy atom. The number of ether oxygens (including phenoxy) is 1. The Kier molecular flexibility index (Phi) is 4.14. The highest BCUT2D eigenvalue weighted by molar-refractivity contribution is 5.93. The molecule has 1 saturated carbocycles. The van der Waals surface area contributed by atoms with Crippen LogP contribution in [0.15, 0.2) is 42.6 Å². The van der Waals surface area contributed by atoms with Crippen molar-refractivity contribution in [2.75, 3.05) is 6.61 Å². The molecule has 2 aromatic rings. The zero-order valence-electron chi connectivity index (χ0n) is 12.0. The quantitative estimate of drug-likeness (QED) is 0.677. The fourth-order valence-corrected chi connectivity index (χ4v) is 2.10. The Morgan fingerprint density at radius 3 is 2.91 bits per heavy atom. The molecule has 1 aromatic heterocycles. The number of esters is 1. The van der Waals surface area contributed by atoms with Gasteiger partial charge in [-0.15, -0.1) is 0 Å². The fraction of sp³-hybridized carbons (Fsp3) is 0.235. The van der Waals surface area contributed by atoms with Crippen LogP contribution in [0.2, 0.25) is 0 Å². The van der Waals surface area contributed by atoms with Crippen molar-refractivity contribution >= 4 is 28.9 Å². The minimum atomic E-state index is -0.543. The molecule has 5 nitrogen and oxygen atoms in total. The summed E-state index contributed by atoms with van der Waals surface area (Å²) in [6, 6.07) is 9.82. The lowest BCUT2D eigenvalue weighted by Gasteiger charge is -2.03. The zero-order chi connectivity index (χ0) is 15.4. The van der Waals surface area contributed by atoms with Crippen LogP contribution in [0, 0.1) is 0 Å². The molecule has 0 bridgehead atoms. The molecule has 1 fully saturated rings. The summed E-state index contributed by atoms with van der Waals surface area (Å²) >= 11 is 0. The molecule has 112 valence electrons. The topological polar surface area (TPSA) is 68.3 Å². The molecule has 0 aliphatic heterocycles. The summed E-state index contributed by atoms with van der Waals surface area (Å²) in [5.74, 6) is -0.796. The minimum Gasteiger partial charge on any atom is -0.452 e. The van der Waals surface area contributed by atoms with Gasteiger partial charge in [0.25, 0.3) is 5.91 Å². The van der Waals surface area contributed by atoms with Gasteiger partial charge in [-0.2, -0.15) is 0 Å². The van der Waals surface area contributed by atoms with Gasteiger partial charge in [-0.05, 0) is 25.0 Å². The number of fused-ring (bicyclic) bond motifs is 1. The Morgan fingerprint density at radius 2 is 2.09 bits per heavy atom. The molecule has 1 aromatic carbocycles. The Labute approximate surface area is 128 Å². The van der Waals surface area contributed by atoms with Crippen LogP contribution in [-0.4, -0.2) is 29.5 Å². The van der Waals surface area contributed by atoms with Gasteiger partial charge in [0.1, 0.15) is 0 Å². The number of rotatable bonds is 5. The molecule has 1 aliphatic rings. The fourth-order valence-electron chi connectivity index (χ4n) is 2.10. The van der Waals surface area contributed by atoms with Crippen molar-refractivity contribution in [1.29, 1.82) is 0 Å². The summed E-state index contributed by atoms with van der Waals surface area (Å²) < 4.78 is 4.91. The van der Waals surface area contributed by atoms with E-state index in [1.807, 2.05) is 30.3 Å². The number of aromatic nitrogens is 1. The number of benzene rings is 1. The van der Waals surface area contributed by atoms with Crippen LogP contribution >= 0.6 is 0 Å². The molecule has 3 rings (SSSR count). The summed E-state index contributed by atoms with van der Waals surface area (Å²) in [6.45, 7) is -0.243. The second-order valence-corrected chi connectivity index (χ2v) is 5.21. The molecular weight excluding hydrogens is 280 g/mol. The highest BCUT2D eigenvalue weighted by atomic mass is 16.5. The van der Waals surface area contributed by atoms with Crippen LogP contribution in [0.3, 0.4) is 0 Å².